The molecule has 6 nitrogen and oxygen atoms in total. The third-order valence-electron chi connectivity index (χ3n) is 6.48. The number of aliphatic hydroxyl groups excluding tert-OH is 3. The Bertz CT molecular complexity index is 841. The number of fused-ring (bicyclic) bond motifs is 1. The molecule has 0 bridgehead atoms. The number of rotatable bonds is 5. The number of hydrogen-bond acceptors (Lipinski definition) is 6. The summed E-state index contributed by atoms with van der Waals surface area (Å²) in [5.41, 5.74) is 4.01. The van der Waals surface area contributed by atoms with E-state index in [9.17, 15) is 20.4 Å². The second-order valence-corrected chi connectivity index (χ2v) is 9.32. The first kappa shape index (κ1) is 23.8. The second kappa shape index (κ2) is 9.74. The minimum absolute atomic E-state index is 0.0732. The topological polar surface area (TPSA) is 99.4 Å². The van der Waals surface area contributed by atoms with Gasteiger partial charge < -0.3 is 29.9 Å². The van der Waals surface area contributed by atoms with Crippen LogP contribution in [0.4, 0.5) is 0 Å². The summed E-state index contributed by atoms with van der Waals surface area (Å²) in [5.74, 6) is 1.11. The SMILES string of the molecule is CC(C)=C/C=C/[C@H](C)[C@H]1CC[C@H](C)c2c1cc(C)c(O[C@@H]1OC[C@@H](O)[C@@H](O)[C@@H]1O)c2O. The fourth-order valence-electron chi connectivity index (χ4n) is 4.63. The average Bonchev–Trinajstić information content (AvgIpc) is 2.70. The van der Waals surface area contributed by atoms with Gasteiger partial charge in [0, 0.05) is 5.56 Å². The van der Waals surface area contributed by atoms with Gasteiger partial charge in [0.15, 0.2) is 11.5 Å². The van der Waals surface area contributed by atoms with Gasteiger partial charge in [-0.05, 0) is 62.5 Å². The van der Waals surface area contributed by atoms with E-state index in [1.807, 2.05) is 6.92 Å². The summed E-state index contributed by atoms with van der Waals surface area (Å²) in [6.45, 7) is 10.2. The number of aryl methyl sites for hydroxylation is 1. The van der Waals surface area contributed by atoms with Gasteiger partial charge in [0.25, 0.3) is 0 Å². The fraction of sp³-hybridized carbons (Fsp3) is 0.600. The Morgan fingerprint density at radius 2 is 1.90 bits per heavy atom. The molecule has 172 valence electrons. The second-order valence-electron chi connectivity index (χ2n) is 9.32. The molecule has 1 aromatic carbocycles. The van der Waals surface area contributed by atoms with Gasteiger partial charge in [-0.2, -0.15) is 0 Å². The molecule has 1 aliphatic heterocycles. The molecule has 0 amide bonds. The molecule has 0 unspecified atom stereocenters. The Kier molecular flexibility index (Phi) is 7.47. The van der Waals surface area contributed by atoms with Crippen LogP contribution in [0.25, 0.3) is 0 Å². The Balaban J connectivity index is 1.92. The van der Waals surface area contributed by atoms with Crippen molar-refractivity contribution in [1.29, 1.82) is 0 Å². The lowest BCUT2D eigenvalue weighted by Gasteiger charge is -2.37. The summed E-state index contributed by atoms with van der Waals surface area (Å²) < 4.78 is 11.2. The number of hydrogen-bond donors (Lipinski definition) is 4. The van der Waals surface area contributed by atoms with Crippen molar-refractivity contribution in [3.63, 3.8) is 0 Å². The predicted molar refractivity (Wildman–Crippen MR) is 119 cm³/mol. The van der Waals surface area contributed by atoms with Crippen LogP contribution < -0.4 is 4.74 Å². The summed E-state index contributed by atoms with van der Waals surface area (Å²) in [4.78, 5) is 0. The van der Waals surface area contributed by atoms with Crippen LogP contribution in [0, 0.1) is 12.8 Å². The average molecular weight is 433 g/mol. The molecule has 0 aromatic heterocycles. The van der Waals surface area contributed by atoms with E-state index < -0.39 is 24.6 Å². The minimum Gasteiger partial charge on any atom is -0.504 e. The molecule has 1 fully saturated rings. The molecule has 1 saturated heterocycles. The third-order valence-corrected chi connectivity index (χ3v) is 6.48. The molecule has 0 saturated carbocycles. The zero-order valence-electron chi connectivity index (χ0n) is 19.1. The summed E-state index contributed by atoms with van der Waals surface area (Å²) in [6.07, 6.45) is 3.31. The predicted octanol–water partition coefficient (Wildman–Crippen LogP) is 3.66. The lowest BCUT2D eigenvalue weighted by molar-refractivity contribution is -0.242. The molecule has 7 atom stereocenters. The van der Waals surface area contributed by atoms with Crippen molar-refractivity contribution in [1.82, 2.24) is 0 Å². The van der Waals surface area contributed by atoms with Crippen LogP contribution >= 0.6 is 0 Å². The lowest BCUT2D eigenvalue weighted by atomic mass is 9.71. The number of phenols is 1. The van der Waals surface area contributed by atoms with Crippen molar-refractivity contribution in [2.75, 3.05) is 6.61 Å². The molecule has 0 spiro atoms. The molecule has 1 heterocycles. The number of phenolic OH excluding ortho intramolecular Hbond substituents is 1. The van der Waals surface area contributed by atoms with Gasteiger partial charge in [-0.3, -0.25) is 0 Å². The number of aliphatic hydroxyl groups is 3. The van der Waals surface area contributed by atoms with Crippen LogP contribution in [-0.4, -0.2) is 51.6 Å². The van der Waals surface area contributed by atoms with Gasteiger partial charge in [-0.25, -0.2) is 0 Å². The molecule has 6 heteroatoms. The number of ether oxygens (including phenoxy) is 2. The van der Waals surface area contributed by atoms with Gasteiger partial charge in [-0.1, -0.05) is 43.7 Å². The van der Waals surface area contributed by atoms with E-state index in [1.165, 1.54) is 5.57 Å². The first-order valence-corrected chi connectivity index (χ1v) is 11.1. The molecule has 1 aromatic rings. The van der Waals surface area contributed by atoms with Crippen molar-refractivity contribution in [2.24, 2.45) is 5.92 Å². The summed E-state index contributed by atoms with van der Waals surface area (Å²) in [6, 6.07) is 2.07. The fourth-order valence-corrected chi connectivity index (χ4v) is 4.63. The van der Waals surface area contributed by atoms with Gasteiger partial charge in [0.2, 0.25) is 6.29 Å². The standard InChI is InChI=1S/C25H36O6/c1-13(2)7-6-8-14(3)17-10-9-15(4)20-18(17)11-16(5)24(22(20)28)31-25-23(29)21(27)19(26)12-30-25/h6-8,11,14-15,17,19,21,23,25-29H,9-10,12H2,1-5H3/b8-6+/t14-,15-,17+,19+,21+,23-,25-/m0/s1. The molecular formula is C25H36O6. The molecule has 2 aliphatic rings. The van der Waals surface area contributed by atoms with Gasteiger partial charge in [-0.15, -0.1) is 0 Å². The monoisotopic (exact) mass is 432 g/mol. The van der Waals surface area contributed by atoms with Gasteiger partial charge >= 0.3 is 0 Å². The molecular weight excluding hydrogens is 396 g/mol. The van der Waals surface area contributed by atoms with Crippen molar-refractivity contribution in [3.8, 4) is 11.5 Å². The summed E-state index contributed by atoms with van der Waals surface area (Å²) in [7, 11) is 0. The van der Waals surface area contributed by atoms with E-state index in [0.29, 0.717) is 11.8 Å². The summed E-state index contributed by atoms with van der Waals surface area (Å²) in [5, 5.41) is 41.0. The highest BCUT2D eigenvalue weighted by atomic mass is 16.7. The normalized spacial score (nSPS) is 31.9. The Morgan fingerprint density at radius 1 is 1.19 bits per heavy atom. The van der Waals surface area contributed by atoms with Crippen LogP contribution in [0.2, 0.25) is 0 Å². The Hall–Kier alpha value is -1.86. The number of allylic oxidation sites excluding steroid dienone is 4. The van der Waals surface area contributed by atoms with Crippen LogP contribution in [0.1, 0.15) is 69.1 Å². The first-order chi connectivity index (χ1) is 14.6. The third kappa shape index (κ3) is 4.98. The van der Waals surface area contributed by atoms with E-state index >= 15 is 0 Å². The lowest BCUT2D eigenvalue weighted by Crippen LogP contribution is -2.54. The maximum atomic E-state index is 11.2. The molecule has 31 heavy (non-hydrogen) atoms. The highest BCUT2D eigenvalue weighted by molar-refractivity contribution is 5.57. The van der Waals surface area contributed by atoms with Gasteiger partial charge in [0.1, 0.15) is 18.3 Å². The zero-order valence-corrected chi connectivity index (χ0v) is 19.1. The maximum Gasteiger partial charge on any atom is 0.229 e. The molecule has 4 N–H and O–H groups in total. The van der Waals surface area contributed by atoms with Crippen LogP contribution in [0.5, 0.6) is 11.5 Å². The van der Waals surface area contributed by atoms with Gasteiger partial charge in [0.05, 0.1) is 6.61 Å². The van der Waals surface area contributed by atoms with Crippen molar-refractivity contribution >= 4 is 0 Å². The first-order valence-electron chi connectivity index (χ1n) is 11.1. The molecule has 3 rings (SSSR count). The summed E-state index contributed by atoms with van der Waals surface area (Å²) >= 11 is 0. The van der Waals surface area contributed by atoms with Crippen LogP contribution in [-0.2, 0) is 4.74 Å². The molecule has 0 radical (unpaired) electrons. The van der Waals surface area contributed by atoms with Crippen LogP contribution in [0.15, 0.2) is 29.9 Å². The molecule has 1 aliphatic carbocycles. The quantitative estimate of drug-likeness (QED) is 0.530. The smallest absolute Gasteiger partial charge is 0.229 e. The highest BCUT2D eigenvalue weighted by Crippen LogP contribution is 2.50. The van der Waals surface area contributed by atoms with E-state index in [1.54, 1.807) is 0 Å². The highest BCUT2D eigenvalue weighted by Gasteiger charge is 2.40. The van der Waals surface area contributed by atoms with Crippen molar-refractivity contribution in [3.05, 3.63) is 46.6 Å². The number of benzene rings is 1. The van der Waals surface area contributed by atoms with Crippen LogP contribution in [0.3, 0.4) is 0 Å². The largest absolute Gasteiger partial charge is 0.504 e. The van der Waals surface area contributed by atoms with Crippen molar-refractivity contribution in [2.45, 2.75) is 83.9 Å². The Labute approximate surface area is 184 Å². The van der Waals surface area contributed by atoms with E-state index in [4.69, 9.17) is 9.47 Å². The zero-order chi connectivity index (χ0) is 22.9. The van der Waals surface area contributed by atoms with E-state index in [2.05, 4.69) is 52.0 Å². The Morgan fingerprint density at radius 3 is 2.58 bits per heavy atom. The number of aromatic hydroxyl groups is 1. The van der Waals surface area contributed by atoms with E-state index in [0.717, 1.165) is 29.5 Å². The van der Waals surface area contributed by atoms with Crippen molar-refractivity contribution < 1.29 is 29.9 Å². The minimum atomic E-state index is -1.41. The van der Waals surface area contributed by atoms with E-state index in [-0.39, 0.29) is 24.0 Å². The maximum absolute atomic E-state index is 11.2.